The highest BCUT2D eigenvalue weighted by atomic mass is 16.5. The van der Waals surface area contributed by atoms with Crippen LogP contribution in [-0.2, 0) is 11.2 Å². The number of amides is 1. The van der Waals surface area contributed by atoms with E-state index in [-0.39, 0.29) is 11.9 Å². The van der Waals surface area contributed by atoms with Crippen molar-refractivity contribution in [1.29, 1.82) is 0 Å². The Morgan fingerprint density at radius 1 is 1.10 bits per heavy atom. The minimum Gasteiger partial charge on any atom is -0.493 e. The van der Waals surface area contributed by atoms with Crippen molar-refractivity contribution in [2.45, 2.75) is 44.1 Å². The maximum atomic E-state index is 12.8. The minimum absolute atomic E-state index is 0.145. The van der Waals surface area contributed by atoms with E-state index in [1.807, 2.05) is 21.7 Å². The molecule has 2 aliphatic rings. The number of nitrogens with zero attached hydrogens (tertiary/aromatic N) is 4. The van der Waals surface area contributed by atoms with Gasteiger partial charge in [-0.05, 0) is 37.3 Å². The molecule has 0 radical (unpaired) electrons. The van der Waals surface area contributed by atoms with Crippen molar-refractivity contribution in [3.63, 3.8) is 0 Å². The van der Waals surface area contributed by atoms with Crippen molar-refractivity contribution >= 4 is 5.91 Å². The summed E-state index contributed by atoms with van der Waals surface area (Å²) in [4.78, 5) is 14.7. The highest BCUT2D eigenvalue weighted by molar-refractivity contribution is 5.77. The second-order valence-electron chi connectivity index (χ2n) is 7.67. The van der Waals surface area contributed by atoms with E-state index in [9.17, 15) is 4.79 Å². The Hall–Kier alpha value is -2.77. The van der Waals surface area contributed by atoms with Gasteiger partial charge >= 0.3 is 0 Å². The van der Waals surface area contributed by atoms with Crippen LogP contribution in [0.25, 0.3) is 0 Å². The van der Waals surface area contributed by atoms with E-state index in [1.165, 1.54) is 12.8 Å². The number of aryl methyl sites for hydroxylation is 1. The van der Waals surface area contributed by atoms with Crippen molar-refractivity contribution in [2.75, 3.05) is 34.4 Å². The number of hydrogen-bond acceptors (Lipinski definition) is 6. The molecular formula is C21H28N4O4. The molecule has 0 spiro atoms. The molecule has 2 fully saturated rings. The van der Waals surface area contributed by atoms with Gasteiger partial charge in [0.2, 0.25) is 11.7 Å². The van der Waals surface area contributed by atoms with Crippen molar-refractivity contribution in [1.82, 2.24) is 19.9 Å². The zero-order valence-electron chi connectivity index (χ0n) is 17.3. The van der Waals surface area contributed by atoms with Gasteiger partial charge in [-0.1, -0.05) is 11.3 Å². The van der Waals surface area contributed by atoms with Crippen LogP contribution in [0.15, 0.2) is 18.3 Å². The summed E-state index contributed by atoms with van der Waals surface area (Å²) in [5.41, 5.74) is 2.02. The molecule has 1 unspecified atom stereocenters. The lowest BCUT2D eigenvalue weighted by molar-refractivity contribution is -0.130. The molecule has 1 aliphatic carbocycles. The molecule has 1 amide bonds. The summed E-state index contributed by atoms with van der Waals surface area (Å²) in [5, 5.41) is 8.58. The normalized spacial score (nSPS) is 18.7. The molecule has 0 bridgehead atoms. The van der Waals surface area contributed by atoms with Crippen molar-refractivity contribution < 1.29 is 19.0 Å². The molecule has 1 saturated heterocycles. The molecule has 1 saturated carbocycles. The third kappa shape index (κ3) is 4.02. The number of carbonyl (C=O) groups is 1. The van der Waals surface area contributed by atoms with E-state index in [1.54, 1.807) is 21.3 Å². The standard InChI is InChI=1S/C21H28N4O4/c1-27-18-8-6-15(20(28-2)21(18)29-3)7-9-19(26)24-11-10-16(12-24)25-13-17(22-23-25)14-4-5-14/h6,8,13-14,16H,4-5,7,9-12H2,1-3H3. The smallest absolute Gasteiger partial charge is 0.222 e. The summed E-state index contributed by atoms with van der Waals surface area (Å²) >= 11 is 0. The van der Waals surface area contributed by atoms with Gasteiger partial charge in [-0.3, -0.25) is 4.79 Å². The number of methoxy groups -OCH3 is 3. The van der Waals surface area contributed by atoms with Crippen molar-refractivity contribution in [2.24, 2.45) is 0 Å². The number of carbonyl (C=O) groups excluding carboxylic acids is 1. The number of benzene rings is 1. The predicted octanol–water partition coefficient (Wildman–Crippen LogP) is 2.59. The van der Waals surface area contributed by atoms with Gasteiger partial charge in [-0.15, -0.1) is 5.10 Å². The molecule has 1 aromatic carbocycles. The fourth-order valence-electron chi connectivity index (χ4n) is 3.98. The van der Waals surface area contributed by atoms with Crippen LogP contribution in [0.1, 0.15) is 48.9 Å². The number of hydrogen-bond donors (Lipinski definition) is 0. The van der Waals surface area contributed by atoms with Gasteiger partial charge in [0.1, 0.15) is 0 Å². The average Bonchev–Trinajstić information content (AvgIpc) is 3.27. The Bertz CT molecular complexity index is 878. The van der Waals surface area contributed by atoms with Crippen LogP contribution >= 0.6 is 0 Å². The van der Waals surface area contributed by atoms with Crippen LogP contribution in [0.4, 0.5) is 0 Å². The first kappa shape index (κ1) is 19.5. The van der Waals surface area contributed by atoms with Gasteiger partial charge < -0.3 is 19.1 Å². The number of rotatable bonds is 8. The fourth-order valence-corrected chi connectivity index (χ4v) is 3.98. The second kappa shape index (κ2) is 8.31. The van der Waals surface area contributed by atoms with E-state index in [0.29, 0.717) is 42.6 Å². The van der Waals surface area contributed by atoms with Gasteiger partial charge in [-0.25, -0.2) is 4.68 Å². The first-order valence-corrected chi connectivity index (χ1v) is 10.1. The SMILES string of the molecule is COc1ccc(CCC(=O)N2CCC(n3cc(C4CC4)nn3)C2)c(OC)c1OC. The van der Waals surface area contributed by atoms with E-state index in [0.717, 1.165) is 24.2 Å². The first-order chi connectivity index (χ1) is 14.1. The van der Waals surface area contributed by atoms with Gasteiger partial charge in [-0.2, -0.15) is 0 Å². The molecule has 1 aliphatic heterocycles. The molecule has 2 heterocycles. The zero-order chi connectivity index (χ0) is 20.4. The maximum absolute atomic E-state index is 12.8. The largest absolute Gasteiger partial charge is 0.493 e. The molecule has 8 heteroatoms. The van der Waals surface area contributed by atoms with Gasteiger partial charge in [0.05, 0.1) is 33.1 Å². The number of ether oxygens (including phenoxy) is 3. The third-order valence-corrected chi connectivity index (χ3v) is 5.81. The molecule has 0 N–H and O–H groups in total. The first-order valence-electron chi connectivity index (χ1n) is 10.1. The van der Waals surface area contributed by atoms with E-state index in [2.05, 4.69) is 16.5 Å². The molecule has 4 rings (SSSR count). The Morgan fingerprint density at radius 3 is 2.59 bits per heavy atom. The summed E-state index contributed by atoms with van der Waals surface area (Å²) in [6.07, 6.45) is 6.41. The maximum Gasteiger partial charge on any atom is 0.222 e. The number of aromatic nitrogens is 3. The van der Waals surface area contributed by atoms with Gasteiger partial charge in [0.25, 0.3) is 0 Å². The fraction of sp³-hybridized carbons (Fsp3) is 0.571. The Kier molecular flexibility index (Phi) is 5.60. The average molecular weight is 400 g/mol. The minimum atomic E-state index is 0.145. The lowest BCUT2D eigenvalue weighted by atomic mass is 10.1. The van der Waals surface area contributed by atoms with Crippen LogP contribution < -0.4 is 14.2 Å². The van der Waals surface area contributed by atoms with E-state index < -0.39 is 0 Å². The molecule has 8 nitrogen and oxygen atoms in total. The Morgan fingerprint density at radius 2 is 1.90 bits per heavy atom. The van der Waals surface area contributed by atoms with Crippen LogP contribution in [0.2, 0.25) is 0 Å². The lowest BCUT2D eigenvalue weighted by Gasteiger charge is -2.18. The molecule has 29 heavy (non-hydrogen) atoms. The topological polar surface area (TPSA) is 78.7 Å². The molecule has 2 aromatic rings. The van der Waals surface area contributed by atoms with Crippen LogP contribution in [0.5, 0.6) is 17.2 Å². The molecule has 156 valence electrons. The summed E-state index contributed by atoms with van der Waals surface area (Å²) in [6.45, 7) is 1.44. The summed E-state index contributed by atoms with van der Waals surface area (Å²) in [7, 11) is 4.77. The van der Waals surface area contributed by atoms with Crippen LogP contribution in [0.3, 0.4) is 0 Å². The highest BCUT2D eigenvalue weighted by Gasteiger charge is 2.31. The Balaban J connectivity index is 1.36. The van der Waals surface area contributed by atoms with Crippen molar-refractivity contribution in [3.05, 3.63) is 29.6 Å². The van der Waals surface area contributed by atoms with Gasteiger partial charge in [0, 0.05) is 31.6 Å². The zero-order valence-corrected chi connectivity index (χ0v) is 17.3. The Labute approximate surface area is 170 Å². The number of likely N-dealkylation sites (tertiary alicyclic amines) is 1. The summed E-state index contributed by atoms with van der Waals surface area (Å²) in [6, 6.07) is 3.99. The lowest BCUT2D eigenvalue weighted by Crippen LogP contribution is -2.29. The van der Waals surface area contributed by atoms with Crippen molar-refractivity contribution in [3.8, 4) is 17.2 Å². The highest BCUT2D eigenvalue weighted by Crippen LogP contribution is 2.40. The summed E-state index contributed by atoms with van der Waals surface area (Å²) < 4.78 is 18.2. The molecule has 1 atom stereocenters. The quantitative estimate of drug-likeness (QED) is 0.678. The predicted molar refractivity (Wildman–Crippen MR) is 107 cm³/mol. The van der Waals surface area contributed by atoms with E-state index >= 15 is 0 Å². The van der Waals surface area contributed by atoms with Gasteiger partial charge in [0.15, 0.2) is 11.5 Å². The van der Waals surface area contributed by atoms with Crippen LogP contribution in [-0.4, -0.2) is 60.2 Å². The molecular weight excluding hydrogens is 372 g/mol. The molecule has 1 aromatic heterocycles. The van der Waals surface area contributed by atoms with E-state index in [4.69, 9.17) is 14.2 Å². The third-order valence-electron chi connectivity index (χ3n) is 5.81. The second-order valence-corrected chi connectivity index (χ2v) is 7.67. The summed E-state index contributed by atoms with van der Waals surface area (Å²) in [5.74, 6) is 2.53. The van der Waals surface area contributed by atoms with Crippen LogP contribution in [0, 0.1) is 0 Å². The monoisotopic (exact) mass is 400 g/mol.